The molecule has 2 aromatic rings. The first kappa shape index (κ1) is 30.2. The Morgan fingerprint density at radius 1 is 0.481 bits per heavy atom. The SMILES string of the molecule is CC.CC.CC.Cc1ccc(C(C)C)cc1.Cc1ccc(C(C)C)cc1C. The number of rotatable bonds is 2. The Morgan fingerprint density at radius 3 is 1.19 bits per heavy atom. The van der Waals surface area contributed by atoms with E-state index in [1.54, 1.807) is 0 Å². The molecule has 0 radical (unpaired) electrons. The second-order valence-electron chi connectivity index (χ2n) is 6.56. The first-order valence-electron chi connectivity index (χ1n) is 10.9. The van der Waals surface area contributed by atoms with Gasteiger partial charge in [0.05, 0.1) is 0 Å². The Hall–Kier alpha value is -1.56. The molecule has 0 aliphatic rings. The summed E-state index contributed by atoms with van der Waals surface area (Å²) in [5.41, 5.74) is 6.98. The van der Waals surface area contributed by atoms with Crippen molar-refractivity contribution in [3.8, 4) is 0 Å². The Labute approximate surface area is 172 Å². The standard InChI is InChI=1S/C11H16.C10H14.3C2H6/c1-8(2)11-6-5-9(3)10(4)7-11;1-8(2)10-6-4-9(3)5-7-10;3*1-2/h5-8H,1-4H3;4-8H,1-3H3;3*1-2H3. The molecule has 0 atom stereocenters. The molecule has 2 aromatic carbocycles. The summed E-state index contributed by atoms with van der Waals surface area (Å²) in [5.74, 6) is 1.30. The van der Waals surface area contributed by atoms with Crippen molar-refractivity contribution in [3.63, 3.8) is 0 Å². The van der Waals surface area contributed by atoms with Crippen LogP contribution in [0.25, 0.3) is 0 Å². The highest BCUT2D eigenvalue weighted by Crippen LogP contribution is 2.17. The monoisotopic (exact) mass is 372 g/mol. The molecule has 0 N–H and O–H groups in total. The summed E-state index contributed by atoms with van der Waals surface area (Å²) < 4.78 is 0. The number of hydrogen-bond donors (Lipinski definition) is 0. The minimum atomic E-state index is 0.647. The fourth-order valence-corrected chi connectivity index (χ4v) is 2.08. The lowest BCUT2D eigenvalue weighted by Crippen LogP contribution is -1.89. The minimum absolute atomic E-state index is 0.647. The molecule has 0 aromatic heterocycles. The summed E-state index contributed by atoms with van der Waals surface area (Å²) >= 11 is 0. The predicted octanol–water partition coefficient (Wildman–Crippen LogP) is 9.62. The maximum atomic E-state index is 2.28. The van der Waals surface area contributed by atoms with Crippen molar-refractivity contribution in [2.45, 2.75) is 102 Å². The lowest BCUT2D eigenvalue weighted by molar-refractivity contribution is 0.864. The number of aryl methyl sites for hydroxylation is 3. The molecule has 0 aliphatic carbocycles. The van der Waals surface area contributed by atoms with Gasteiger partial charge in [-0.2, -0.15) is 0 Å². The second-order valence-corrected chi connectivity index (χ2v) is 6.56. The van der Waals surface area contributed by atoms with E-state index >= 15 is 0 Å². The van der Waals surface area contributed by atoms with Crippen LogP contribution in [0, 0.1) is 20.8 Å². The van der Waals surface area contributed by atoms with Crippen LogP contribution in [0.2, 0.25) is 0 Å². The average molecular weight is 373 g/mol. The Balaban J connectivity index is -0.000000335. The Kier molecular flexibility index (Phi) is 21.5. The van der Waals surface area contributed by atoms with E-state index in [0.717, 1.165) is 0 Å². The van der Waals surface area contributed by atoms with Crippen molar-refractivity contribution in [3.05, 3.63) is 70.3 Å². The summed E-state index contributed by atoms with van der Waals surface area (Å²) in [4.78, 5) is 0. The molecule has 0 heterocycles. The number of hydrogen-bond acceptors (Lipinski definition) is 0. The maximum Gasteiger partial charge on any atom is -0.0219 e. The summed E-state index contributed by atoms with van der Waals surface area (Å²) in [6.07, 6.45) is 0. The molecule has 0 saturated heterocycles. The summed E-state index contributed by atoms with van der Waals surface area (Å²) in [6, 6.07) is 15.4. The maximum absolute atomic E-state index is 2.28. The van der Waals surface area contributed by atoms with Gasteiger partial charge in [0.1, 0.15) is 0 Å². The molecule has 0 nitrogen and oxygen atoms in total. The van der Waals surface area contributed by atoms with E-state index in [2.05, 4.69) is 90.9 Å². The molecular formula is C27H48. The molecule has 2 rings (SSSR count). The molecule has 0 spiro atoms. The van der Waals surface area contributed by atoms with E-state index in [9.17, 15) is 0 Å². The third-order valence-electron chi connectivity index (χ3n) is 3.94. The zero-order valence-electron chi connectivity index (χ0n) is 20.7. The van der Waals surface area contributed by atoms with Crippen LogP contribution in [0.5, 0.6) is 0 Å². The molecule has 0 saturated carbocycles. The molecule has 0 unspecified atom stereocenters. The van der Waals surface area contributed by atoms with Crippen LogP contribution in [-0.4, -0.2) is 0 Å². The van der Waals surface area contributed by atoms with Crippen molar-refractivity contribution >= 4 is 0 Å². The third kappa shape index (κ3) is 14.2. The van der Waals surface area contributed by atoms with Gasteiger partial charge < -0.3 is 0 Å². The normalized spacial score (nSPS) is 8.85. The van der Waals surface area contributed by atoms with Crippen LogP contribution in [-0.2, 0) is 0 Å². The topological polar surface area (TPSA) is 0 Å². The largest absolute Gasteiger partial charge is 0.0683 e. The van der Waals surface area contributed by atoms with Gasteiger partial charge in [0.25, 0.3) is 0 Å². The van der Waals surface area contributed by atoms with Crippen molar-refractivity contribution in [2.24, 2.45) is 0 Å². The van der Waals surface area contributed by atoms with Crippen molar-refractivity contribution in [2.75, 3.05) is 0 Å². The molecule has 156 valence electrons. The van der Waals surface area contributed by atoms with E-state index < -0.39 is 0 Å². The average Bonchev–Trinajstić information content (AvgIpc) is 2.69. The van der Waals surface area contributed by atoms with E-state index in [1.165, 1.54) is 27.8 Å². The predicted molar refractivity (Wildman–Crippen MR) is 129 cm³/mol. The molecule has 0 fully saturated rings. The lowest BCUT2D eigenvalue weighted by Gasteiger charge is -2.07. The quantitative estimate of drug-likeness (QED) is 0.492. The van der Waals surface area contributed by atoms with Gasteiger partial charge in [0.15, 0.2) is 0 Å². The summed E-state index contributed by atoms with van der Waals surface area (Å²) in [5, 5.41) is 0. The zero-order chi connectivity index (χ0) is 22.0. The zero-order valence-corrected chi connectivity index (χ0v) is 20.7. The van der Waals surface area contributed by atoms with E-state index in [1.807, 2.05) is 41.5 Å². The molecule has 0 heteroatoms. The summed E-state index contributed by atoms with van der Waals surface area (Å²) in [6.45, 7) is 27.3. The van der Waals surface area contributed by atoms with Crippen molar-refractivity contribution in [1.82, 2.24) is 0 Å². The van der Waals surface area contributed by atoms with Gasteiger partial charge in [-0.3, -0.25) is 0 Å². The van der Waals surface area contributed by atoms with Gasteiger partial charge in [-0.1, -0.05) is 117 Å². The molecule has 27 heavy (non-hydrogen) atoms. The van der Waals surface area contributed by atoms with Crippen LogP contribution >= 0.6 is 0 Å². The minimum Gasteiger partial charge on any atom is -0.0683 e. The van der Waals surface area contributed by atoms with Gasteiger partial charge >= 0.3 is 0 Å². The van der Waals surface area contributed by atoms with E-state index in [0.29, 0.717) is 11.8 Å². The van der Waals surface area contributed by atoms with E-state index in [4.69, 9.17) is 0 Å². The van der Waals surface area contributed by atoms with Crippen LogP contribution in [0.3, 0.4) is 0 Å². The van der Waals surface area contributed by atoms with Gasteiger partial charge in [-0.15, -0.1) is 0 Å². The highest BCUT2D eigenvalue weighted by Gasteiger charge is 1.99. The van der Waals surface area contributed by atoms with Gasteiger partial charge in [0.2, 0.25) is 0 Å². The Bertz CT molecular complexity index is 545. The van der Waals surface area contributed by atoms with Gasteiger partial charge in [0, 0.05) is 0 Å². The van der Waals surface area contributed by atoms with Gasteiger partial charge in [-0.25, -0.2) is 0 Å². The van der Waals surface area contributed by atoms with Crippen LogP contribution in [0.4, 0.5) is 0 Å². The van der Waals surface area contributed by atoms with Gasteiger partial charge in [-0.05, 0) is 54.9 Å². The highest BCUT2D eigenvalue weighted by molar-refractivity contribution is 5.31. The molecule has 0 aliphatic heterocycles. The molecule has 0 bridgehead atoms. The van der Waals surface area contributed by atoms with E-state index in [-0.39, 0.29) is 0 Å². The second kappa shape index (κ2) is 19.2. The van der Waals surface area contributed by atoms with Crippen LogP contribution in [0.15, 0.2) is 42.5 Å². The fourth-order valence-electron chi connectivity index (χ4n) is 2.08. The Morgan fingerprint density at radius 2 is 0.852 bits per heavy atom. The van der Waals surface area contributed by atoms with Crippen LogP contribution in [0.1, 0.15) is 109 Å². The number of benzene rings is 2. The smallest absolute Gasteiger partial charge is 0.0219 e. The lowest BCUT2D eigenvalue weighted by atomic mass is 9.99. The van der Waals surface area contributed by atoms with Crippen molar-refractivity contribution < 1.29 is 0 Å². The molecule has 0 amide bonds. The third-order valence-corrected chi connectivity index (χ3v) is 3.94. The summed E-state index contributed by atoms with van der Waals surface area (Å²) in [7, 11) is 0. The molecular weight excluding hydrogens is 324 g/mol. The first-order valence-corrected chi connectivity index (χ1v) is 10.9. The highest BCUT2D eigenvalue weighted by atomic mass is 14.0. The first-order chi connectivity index (χ1) is 12.8. The van der Waals surface area contributed by atoms with Crippen LogP contribution < -0.4 is 0 Å². The fraction of sp³-hybridized carbons (Fsp3) is 0.556. The van der Waals surface area contributed by atoms with Crippen molar-refractivity contribution in [1.29, 1.82) is 0 Å².